The molecule has 0 aliphatic heterocycles. The van der Waals surface area contributed by atoms with E-state index in [9.17, 15) is 9.59 Å². The lowest BCUT2D eigenvalue weighted by Gasteiger charge is -2.38. The Morgan fingerprint density at radius 2 is 1.26 bits per heavy atom. The molecule has 0 N–H and O–H groups in total. The fourth-order valence-electron chi connectivity index (χ4n) is 5.73. The van der Waals surface area contributed by atoms with E-state index in [0.29, 0.717) is 29.5 Å². The minimum atomic E-state index is -0.660. The fourth-order valence-corrected chi connectivity index (χ4v) is 5.73. The summed E-state index contributed by atoms with van der Waals surface area (Å²) < 4.78 is 2.25. The molecule has 0 saturated carbocycles. The predicted molar refractivity (Wildman–Crippen MR) is 156 cm³/mol. The van der Waals surface area contributed by atoms with Crippen molar-refractivity contribution in [2.75, 3.05) is 14.1 Å². The number of Topliss-reactive ketones (excluding diaryl/α,β-unsaturated/α-hetero) is 1. The van der Waals surface area contributed by atoms with Crippen LogP contribution in [0.5, 0.6) is 0 Å². The van der Waals surface area contributed by atoms with Crippen LogP contribution in [-0.2, 0) is 13.0 Å². The number of benzene rings is 4. The third-order valence-corrected chi connectivity index (χ3v) is 7.94. The summed E-state index contributed by atoms with van der Waals surface area (Å²) in [6.45, 7) is 5.00. The average Bonchev–Trinajstić information content (AvgIpc) is 3.28. The van der Waals surface area contributed by atoms with Gasteiger partial charge in [0.1, 0.15) is 0 Å². The standard InChI is InChI=1S/C34H34N2O2/c1-5-34(35(3)4,23-24-13-9-7-10-14-24)33(38)27-18-20-31-29(22-27)28-21-26(17-19-30(28)36(31)6-2)32(37)25-15-11-8-12-16-25/h7-22H,5-6,23H2,1-4H3. The van der Waals surface area contributed by atoms with Crippen molar-refractivity contribution >= 4 is 33.4 Å². The third-order valence-electron chi connectivity index (χ3n) is 7.94. The topological polar surface area (TPSA) is 42.3 Å². The highest BCUT2D eigenvalue weighted by atomic mass is 16.1. The molecule has 0 amide bonds. The molecule has 5 rings (SSSR count). The van der Waals surface area contributed by atoms with Gasteiger partial charge in [-0.05, 0) is 75.8 Å². The maximum Gasteiger partial charge on any atom is 0.193 e. The number of fused-ring (bicyclic) bond motifs is 3. The zero-order chi connectivity index (χ0) is 26.9. The van der Waals surface area contributed by atoms with Crippen molar-refractivity contribution in [1.29, 1.82) is 0 Å². The summed E-state index contributed by atoms with van der Waals surface area (Å²) in [6.07, 6.45) is 1.33. The third kappa shape index (κ3) is 4.35. The van der Waals surface area contributed by atoms with E-state index in [1.54, 1.807) is 0 Å². The SMILES string of the molecule is CCn1c2ccc(C(=O)c3ccccc3)cc2c2cc(C(=O)C(CC)(Cc3ccccc3)N(C)C)ccc21. The second kappa shape index (κ2) is 10.4. The van der Waals surface area contributed by atoms with Crippen molar-refractivity contribution in [3.8, 4) is 0 Å². The Labute approximate surface area is 224 Å². The van der Waals surface area contributed by atoms with Crippen LogP contribution in [0.15, 0.2) is 97.1 Å². The first-order valence-electron chi connectivity index (χ1n) is 13.3. The van der Waals surface area contributed by atoms with Gasteiger partial charge < -0.3 is 4.57 Å². The molecule has 0 bridgehead atoms. The molecule has 0 fully saturated rings. The van der Waals surface area contributed by atoms with Gasteiger partial charge in [-0.2, -0.15) is 0 Å². The summed E-state index contributed by atoms with van der Waals surface area (Å²) in [6, 6.07) is 31.6. The first kappa shape index (κ1) is 25.6. The molecule has 4 heteroatoms. The van der Waals surface area contributed by atoms with Crippen LogP contribution in [0.1, 0.15) is 52.1 Å². The second-order valence-corrected chi connectivity index (χ2v) is 10.2. The lowest BCUT2D eigenvalue weighted by molar-refractivity contribution is 0.0666. The number of carbonyl (C=O) groups excluding carboxylic acids is 2. The Bertz CT molecular complexity index is 1620. The van der Waals surface area contributed by atoms with Crippen LogP contribution in [0, 0.1) is 0 Å². The summed E-state index contributed by atoms with van der Waals surface area (Å²) >= 11 is 0. The number of hydrogen-bond acceptors (Lipinski definition) is 3. The molecule has 1 heterocycles. The van der Waals surface area contributed by atoms with Gasteiger partial charge in [-0.1, -0.05) is 67.6 Å². The van der Waals surface area contributed by atoms with Crippen LogP contribution >= 0.6 is 0 Å². The second-order valence-electron chi connectivity index (χ2n) is 10.2. The molecule has 0 spiro atoms. The normalized spacial score (nSPS) is 13.2. The summed E-state index contributed by atoms with van der Waals surface area (Å²) in [5.41, 5.74) is 4.63. The highest BCUT2D eigenvalue weighted by Crippen LogP contribution is 2.34. The summed E-state index contributed by atoms with van der Waals surface area (Å²) in [7, 11) is 3.99. The Morgan fingerprint density at radius 1 is 0.711 bits per heavy atom. The minimum absolute atomic E-state index is 0.00222. The van der Waals surface area contributed by atoms with Crippen LogP contribution in [0.2, 0.25) is 0 Å². The molecule has 5 aromatic rings. The Balaban J connectivity index is 1.64. The number of rotatable bonds is 9. The number of aryl methyl sites for hydroxylation is 1. The number of ketones is 2. The maximum absolute atomic E-state index is 14.3. The molecule has 4 nitrogen and oxygen atoms in total. The molecule has 4 aromatic carbocycles. The molecule has 0 radical (unpaired) electrons. The van der Waals surface area contributed by atoms with Crippen LogP contribution in [0.25, 0.3) is 21.8 Å². The van der Waals surface area contributed by atoms with Gasteiger partial charge in [0, 0.05) is 45.0 Å². The molecule has 1 aromatic heterocycles. The molecule has 1 unspecified atom stereocenters. The predicted octanol–water partition coefficient (Wildman–Crippen LogP) is 7.18. The van der Waals surface area contributed by atoms with E-state index in [2.05, 4.69) is 41.5 Å². The maximum atomic E-state index is 14.3. The molecular weight excluding hydrogens is 468 g/mol. The van der Waals surface area contributed by atoms with E-state index in [-0.39, 0.29) is 11.6 Å². The molecule has 192 valence electrons. The smallest absolute Gasteiger partial charge is 0.193 e. The molecular formula is C34H34N2O2. The number of likely N-dealkylation sites (N-methyl/N-ethyl adjacent to an activating group) is 1. The first-order valence-corrected chi connectivity index (χ1v) is 13.3. The van der Waals surface area contributed by atoms with Crippen molar-refractivity contribution in [3.63, 3.8) is 0 Å². The van der Waals surface area contributed by atoms with Gasteiger partial charge >= 0.3 is 0 Å². The van der Waals surface area contributed by atoms with Gasteiger partial charge in [0.05, 0.1) is 5.54 Å². The van der Waals surface area contributed by atoms with E-state index in [1.165, 1.54) is 0 Å². The monoisotopic (exact) mass is 502 g/mol. The van der Waals surface area contributed by atoms with Crippen LogP contribution in [-0.4, -0.2) is 40.7 Å². The van der Waals surface area contributed by atoms with Crippen LogP contribution in [0.3, 0.4) is 0 Å². The molecule has 0 aliphatic rings. The molecule has 1 atom stereocenters. The van der Waals surface area contributed by atoms with E-state index in [1.807, 2.05) is 93.0 Å². The highest BCUT2D eigenvalue weighted by molar-refractivity contribution is 6.16. The summed E-state index contributed by atoms with van der Waals surface area (Å²) in [4.78, 5) is 29.6. The van der Waals surface area contributed by atoms with Crippen LogP contribution in [0.4, 0.5) is 0 Å². The van der Waals surface area contributed by atoms with Crippen molar-refractivity contribution in [2.24, 2.45) is 0 Å². The van der Waals surface area contributed by atoms with E-state index < -0.39 is 5.54 Å². The number of nitrogens with zero attached hydrogens (tertiary/aromatic N) is 2. The Morgan fingerprint density at radius 3 is 1.82 bits per heavy atom. The van der Waals surface area contributed by atoms with Crippen molar-refractivity contribution in [2.45, 2.75) is 38.8 Å². The van der Waals surface area contributed by atoms with Gasteiger partial charge in [0.2, 0.25) is 0 Å². The van der Waals surface area contributed by atoms with Gasteiger partial charge in [-0.3, -0.25) is 14.5 Å². The number of hydrogen-bond donors (Lipinski definition) is 0. The average molecular weight is 503 g/mol. The van der Waals surface area contributed by atoms with Gasteiger partial charge in [-0.25, -0.2) is 0 Å². The quantitative estimate of drug-likeness (QED) is 0.201. The lowest BCUT2D eigenvalue weighted by Crippen LogP contribution is -2.52. The van der Waals surface area contributed by atoms with Crippen LogP contribution < -0.4 is 0 Å². The van der Waals surface area contributed by atoms with Gasteiger partial charge in [0.15, 0.2) is 11.6 Å². The zero-order valence-electron chi connectivity index (χ0n) is 22.6. The highest BCUT2D eigenvalue weighted by Gasteiger charge is 2.39. The lowest BCUT2D eigenvalue weighted by atomic mass is 9.80. The zero-order valence-corrected chi connectivity index (χ0v) is 22.6. The minimum Gasteiger partial charge on any atom is -0.341 e. The van der Waals surface area contributed by atoms with Crippen molar-refractivity contribution in [3.05, 3.63) is 119 Å². The summed E-state index contributed by atoms with van der Waals surface area (Å²) in [5, 5.41) is 1.99. The van der Waals surface area contributed by atoms with E-state index in [4.69, 9.17) is 0 Å². The summed E-state index contributed by atoms with van der Waals surface area (Å²) in [5.74, 6) is 0.113. The number of aromatic nitrogens is 1. The van der Waals surface area contributed by atoms with Crippen molar-refractivity contribution < 1.29 is 9.59 Å². The molecule has 0 aliphatic carbocycles. The molecule has 38 heavy (non-hydrogen) atoms. The van der Waals surface area contributed by atoms with Gasteiger partial charge in [0.25, 0.3) is 0 Å². The Kier molecular flexibility index (Phi) is 7.00. The van der Waals surface area contributed by atoms with Gasteiger partial charge in [-0.15, -0.1) is 0 Å². The van der Waals surface area contributed by atoms with E-state index in [0.717, 1.165) is 33.9 Å². The molecule has 0 saturated heterocycles. The van der Waals surface area contributed by atoms with Crippen molar-refractivity contribution in [1.82, 2.24) is 9.47 Å². The fraction of sp³-hybridized carbons (Fsp3) is 0.235. The first-order chi connectivity index (χ1) is 18.4. The number of carbonyl (C=O) groups is 2. The largest absolute Gasteiger partial charge is 0.341 e. The van der Waals surface area contributed by atoms with E-state index >= 15 is 0 Å². The Hall–Kier alpha value is -4.02.